The van der Waals surface area contributed by atoms with Crippen LogP contribution in [0.15, 0.2) is 183 Å². The Morgan fingerprint density at radius 1 is 0.380 bits per heavy atom. The monoisotopic (exact) mass is 1650 g/mol. The highest BCUT2D eigenvalue weighted by molar-refractivity contribution is 5.89. The molecule has 0 aromatic heterocycles. The van der Waals surface area contributed by atoms with Crippen molar-refractivity contribution in [3.05, 3.63) is 210 Å². The summed E-state index contributed by atoms with van der Waals surface area (Å²) in [6.07, 6.45) is 24.7. The molecule has 20 heteroatoms. The first kappa shape index (κ1) is 95.5. The van der Waals surface area contributed by atoms with Crippen molar-refractivity contribution in [2.45, 2.75) is 232 Å². The Morgan fingerprint density at radius 2 is 0.678 bits per heavy atom. The molecule has 7 aromatic carbocycles. The smallest absolute Gasteiger partial charge is 0.338 e. The quantitative estimate of drug-likeness (QED) is 0.0122. The third-order valence-corrected chi connectivity index (χ3v) is 22.4. The summed E-state index contributed by atoms with van der Waals surface area (Å²) in [5.41, 5.74) is 8.57. The Hall–Kier alpha value is -11.0. The van der Waals surface area contributed by atoms with Gasteiger partial charge in [0.1, 0.15) is 34.9 Å². The molecule has 4 atom stereocenters. The van der Waals surface area contributed by atoms with Gasteiger partial charge in [-0.05, 0) is 322 Å². The van der Waals surface area contributed by atoms with Crippen molar-refractivity contribution in [2.24, 2.45) is 23.7 Å². The minimum atomic E-state index is -0.576. The third-order valence-electron chi connectivity index (χ3n) is 22.4. The molecule has 2 fully saturated rings. The van der Waals surface area contributed by atoms with Crippen LogP contribution in [0.1, 0.15) is 252 Å². The Labute approximate surface area is 716 Å². The molecule has 0 saturated heterocycles. The molecular weight excluding hydrogens is 1530 g/mol. The van der Waals surface area contributed by atoms with Crippen LogP contribution in [0, 0.1) is 46.3 Å². The largest absolute Gasteiger partial charge is 0.494 e. The number of aliphatic hydroxyl groups excluding tert-OH is 1. The van der Waals surface area contributed by atoms with Gasteiger partial charge in [0, 0.05) is 6.08 Å². The Bertz CT molecular complexity index is 4250. The topological polar surface area (TPSA) is 272 Å². The Kier molecular flexibility index (Phi) is 43.5. The third kappa shape index (κ3) is 35.7. The zero-order valence-corrected chi connectivity index (χ0v) is 71.5. The van der Waals surface area contributed by atoms with Crippen LogP contribution in [0.25, 0.3) is 22.3 Å². The van der Waals surface area contributed by atoms with Crippen molar-refractivity contribution >= 4 is 35.8 Å². The normalized spacial score (nSPS) is 15.8. The van der Waals surface area contributed by atoms with E-state index >= 15 is 0 Å². The maximum absolute atomic E-state index is 12.8. The number of hydrogen-bond acceptors (Lipinski definition) is 20. The van der Waals surface area contributed by atoms with Crippen molar-refractivity contribution < 1.29 is 86.0 Å². The highest BCUT2D eigenvalue weighted by Gasteiger charge is 2.29. The van der Waals surface area contributed by atoms with E-state index in [-0.39, 0.29) is 72.5 Å². The fraction of sp³-hybridized carbons (Fsp3) is 0.485. The summed E-state index contributed by atoms with van der Waals surface area (Å²) in [4.78, 5) is 74.7. The average molecular weight is 1660 g/mol. The van der Waals surface area contributed by atoms with Crippen molar-refractivity contribution in [1.82, 2.24) is 0 Å². The van der Waals surface area contributed by atoms with E-state index in [0.717, 1.165) is 205 Å². The number of aliphatic hydroxyl groups is 1. The average Bonchev–Trinajstić information content (AvgIpc) is 0.875. The first-order valence-corrected chi connectivity index (χ1v) is 44.0. The molecule has 9 rings (SSSR count). The highest BCUT2D eigenvalue weighted by Crippen LogP contribution is 2.37. The van der Waals surface area contributed by atoms with E-state index in [2.05, 4.69) is 43.0 Å². The summed E-state index contributed by atoms with van der Waals surface area (Å²) in [5.74, 6) is 1.42. The van der Waals surface area contributed by atoms with E-state index in [1.165, 1.54) is 11.1 Å². The lowest BCUT2D eigenvalue weighted by atomic mass is 9.83. The van der Waals surface area contributed by atoms with Gasteiger partial charge in [0.15, 0.2) is 0 Å². The van der Waals surface area contributed by atoms with E-state index in [9.17, 15) is 33.9 Å². The number of nitrogens with zero attached hydrogens (tertiary/aromatic N) is 2. The molecular formula is C101H126N2O18. The fourth-order valence-corrected chi connectivity index (χ4v) is 14.8. The fourth-order valence-electron chi connectivity index (χ4n) is 14.8. The van der Waals surface area contributed by atoms with Crippen LogP contribution >= 0.6 is 0 Å². The molecule has 0 radical (unpaired) electrons. The lowest BCUT2D eigenvalue weighted by Crippen LogP contribution is -2.24. The predicted octanol–water partition coefficient (Wildman–Crippen LogP) is 21.9. The van der Waals surface area contributed by atoms with Gasteiger partial charge in [-0.1, -0.05) is 107 Å². The Balaban J connectivity index is 0.000000310. The number of hydrogen-bond donors (Lipinski definition) is 1. The van der Waals surface area contributed by atoms with Gasteiger partial charge < -0.3 is 57.2 Å². The molecule has 7 aromatic rings. The van der Waals surface area contributed by atoms with E-state index < -0.39 is 5.97 Å². The number of ether oxygens (including phenoxy) is 11. The van der Waals surface area contributed by atoms with Crippen LogP contribution in [0.5, 0.6) is 28.7 Å². The van der Waals surface area contributed by atoms with Crippen molar-refractivity contribution in [2.75, 3.05) is 59.6 Å². The van der Waals surface area contributed by atoms with Crippen LogP contribution in [0.4, 0.5) is 0 Å². The van der Waals surface area contributed by atoms with Gasteiger partial charge in [0.05, 0.1) is 111 Å². The predicted molar refractivity (Wildman–Crippen MR) is 467 cm³/mol. The first-order chi connectivity index (χ1) is 59.0. The second-order valence-corrected chi connectivity index (χ2v) is 31.6. The van der Waals surface area contributed by atoms with Crippen molar-refractivity contribution in [3.8, 4) is 63.1 Å². The van der Waals surface area contributed by atoms with E-state index in [1.54, 1.807) is 24.3 Å². The number of benzene rings is 7. The zero-order valence-electron chi connectivity index (χ0n) is 71.5. The van der Waals surface area contributed by atoms with Gasteiger partial charge in [-0.2, -0.15) is 10.5 Å². The van der Waals surface area contributed by atoms with Crippen LogP contribution in [0.2, 0.25) is 0 Å². The number of esters is 6. The van der Waals surface area contributed by atoms with E-state index in [1.807, 2.05) is 149 Å². The zero-order chi connectivity index (χ0) is 86.0. The summed E-state index contributed by atoms with van der Waals surface area (Å²) >= 11 is 0. The molecule has 2 saturated carbocycles. The molecule has 2 aliphatic rings. The minimum absolute atomic E-state index is 0.131. The molecule has 1 N–H and O–H groups in total. The minimum Gasteiger partial charge on any atom is -0.494 e. The maximum atomic E-state index is 12.8. The van der Waals surface area contributed by atoms with E-state index in [4.69, 9.17) is 62.6 Å². The van der Waals surface area contributed by atoms with Gasteiger partial charge in [0.25, 0.3) is 0 Å². The van der Waals surface area contributed by atoms with Gasteiger partial charge in [-0.25, -0.2) is 9.59 Å². The summed E-state index contributed by atoms with van der Waals surface area (Å²) in [5, 5.41) is 27.7. The molecule has 121 heavy (non-hydrogen) atoms. The summed E-state index contributed by atoms with van der Waals surface area (Å²) in [6, 6.07) is 58.4. The molecule has 4 unspecified atom stereocenters. The number of carbonyl (C=O) groups excluding carboxylic acids is 6. The number of carbonyl (C=O) groups is 6. The van der Waals surface area contributed by atoms with Gasteiger partial charge in [-0.3, -0.25) is 19.2 Å². The van der Waals surface area contributed by atoms with Crippen LogP contribution in [-0.2, 0) is 52.4 Å². The summed E-state index contributed by atoms with van der Waals surface area (Å²) in [6.45, 7) is 14.6. The van der Waals surface area contributed by atoms with Gasteiger partial charge in [0.2, 0.25) is 6.79 Å². The van der Waals surface area contributed by atoms with Gasteiger partial charge >= 0.3 is 35.8 Å². The molecule has 0 aliphatic heterocycles. The van der Waals surface area contributed by atoms with Crippen LogP contribution < -0.4 is 23.7 Å². The molecule has 0 bridgehead atoms. The summed E-state index contributed by atoms with van der Waals surface area (Å²) in [7, 11) is 0. The molecule has 648 valence electrons. The molecule has 0 amide bonds. The Morgan fingerprint density at radius 3 is 1.01 bits per heavy atom. The number of rotatable bonds is 52. The first-order valence-electron chi connectivity index (χ1n) is 44.0. The lowest BCUT2D eigenvalue weighted by Gasteiger charge is -2.28. The van der Waals surface area contributed by atoms with Crippen LogP contribution in [-0.4, -0.2) is 113 Å². The number of unbranched alkanes of at least 4 members (excludes halogenated alkanes) is 12. The molecule has 0 spiro atoms. The van der Waals surface area contributed by atoms with E-state index in [0.29, 0.717) is 113 Å². The second kappa shape index (κ2) is 55.1. The van der Waals surface area contributed by atoms with Crippen molar-refractivity contribution in [1.29, 1.82) is 10.5 Å². The van der Waals surface area contributed by atoms with Crippen molar-refractivity contribution in [3.63, 3.8) is 0 Å². The second-order valence-electron chi connectivity index (χ2n) is 31.6. The van der Waals surface area contributed by atoms with Gasteiger partial charge in [-0.15, -0.1) is 0 Å². The summed E-state index contributed by atoms with van der Waals surface area (Å²) < 4.78 is 61.9. The molecule has 0 heterocycles. The maximum Gasteiger partial charge on any atom is 0.338 e. The molecule has 20 nitrogen and oxygen atoms in total. The molecule has 2 aliphatic carbocycles. The highest BCUT2D eigenvalue weighted by atomic mass is 16.7. The standard InChI is InChI=1S/C56H67NO11.C45H59NO7/c1-4-43(38-41(3)54(59)64-36-12-8-6-10-34-62-49-26-18-45(19-27-49)44-16-14-42(39-57)15-17-44)55(60)65-37-13-9-7-11-35-63-50-28-20-46(21-29-50)47-22-32-52(33-23-47)68-56(61)48-24-30-51(31-25-48)66-40-67-53(58)5-2;1-3-36(45(49)53-31-11-7-5-9-29-51-43-26-20-40(21-27-43)38-16-22-41(47)23-17-38)32-34(2)44(48)52-30-10-6-4-8-28-50-42-24-18-39(19-25-42)37-14-12-35(33-46)13-15-37/h5,14-21,24-31,41,43,47,52H,2,4,6-13,22-23,32-38,40H2,1,3H3;12-15,18-21,24-27,34,36,38,41,47H,3-11,16-17,22-23,28-32H2,1-2H3. The number of nitriles is 2. The lowest BCUT2D eigenvalue weighted by molar-refractivity contribution is -0.154. The van der Waals surface area contributed by atoms with Crippen LogP contribution in [0.3, 0.4) is 0 Å². The SMILES string of the molecule is C=CC(=O)OCOc1ccc(C(=O)OC2CCC(c3ccc(OCCCCCCOC(=O)C(CC)CC(C)C(=O)OCCCCCCOc4ccc(-c5ccc(C#N)cc5)cc4)cc3)CC2)cc1.CCC(CC(C)C(=O)OCCCCCCOc1ccc(-c2ccc(C#N)cc2)cc1)C(=O)OCCCCCCOc1ccc(C2CCC(O)CC2)cc1.